The van der Waals surface area contributed by atoms with E-state index in [4.69, 9.17) is 0 Å². The minimum absolute atomic E-state index is 0.818. The van der Waals surface area contributed by atoms with Gasteiger partial charge in [0.25, 0.3) is 0 Å². The number of thiophene rings is 1. The summed E-state index contributed by atoms with van der Waals surface area (Å²) in [5.74, 6) is 1.70. The van der Waals surface area contributed by atoms with Crippen LogP contribution in [0.1, 0.15) is 17.9 Å². The van der Waals surface area contributed by atoms with Crippen LogP contribution in [0.15, 0.2) is 29.6 Å². The Kier molecular flexibility index (Phi) is 2.49. The standard InChI is InChI=1S/C14H17NS/c1-15(2)8-10-7-12(10)13-9-16-14-6-4-3-5-11(13)14/h3-6,9-10,12H,7-8H2,1-2H3. The molecule has 1 nitrogen and oxygen atoms in total. The molecule has 1 aliphatic rings. The fourth-order valence-electron chi connectivity index (χ4n) is 2.58. The van der Waals surface area contributed by atoms with E-state index < -0.39 is 0 Å². The molecule has 3 rings (SSSR count). The fourth-order valence-corrected chi connectivity index (χ4v) is 3.61. The molecule has 0 N–H and O–H groups in total. The number of hydrogen-bond donors (Lipinski definition) is 0. The molecule has 16 heavy (non-hydrogen) atoms. The highest BCUT2D eigenvalue weighted by molar-refractivity contribution is 7.17. The van der Waals surface area contributed by atoms with Crippen LogP contribution in [0.25, 0.3) is 10.1 Å². The minimum atomic E-state index is 0.818. The van der Waals surface area contributed by atoms with Crippen LogP contribution in [-0.4, -0.2) is 25.5 Å². The van der Waals surface area contributed by atoms with Crippen LogP contribution in [0.4, 0.5) is 0 Å². The third kappa shape index (κ3) is 1.76. The van der Waals surface area contributed by atoms with Gasteiger partial charge in [-0.15, -0.1) is 11.3 Å². The Morgan fingerprint density at radius 3 is 2.94 bits per heavy atom. The van der Waals surface area contributed by atoms with E-state index in [1.165, 1.54) is 23.1 Å². The summed E-state index contributed by atoms with van der Waals surface area (Å²) >= 11 is 1.89. The summed E-state index contributed by atoms with van der Waals surface area (Å²) in [5.41, 5.74) is 1.59. The summed E-state index contributed by atoms with van der Waals surface area (Å²) in [6.45, 7) is 1.23. The Morgan fingerprint density at radius 2 is 2.12 bits per heavy atom. The molecule has 1 fully saturated rings. The van der Waals surface area contributed by atoms with E-state index in [1.54, 1.807) is 5.56 Å². The van der Waals surface area contributed by atoms with E-state index in [-0.39, 0.29) is 0 Å². The maximum absolute atomic E-state index is 2.37. The second-order valence-electron chi connectivity index (χ2n) is 5.05. The van der Waals surface area contributed by atoms with Crippen molar-refractivity contribution in [1.29, 1.82) is 0 Å². The van der Waals surface area contributed by atoms with Gasteiger partial charge in [0.2, 0.25) is 0 Å². The summed E-state index contributed by atoms with van der Waals surface area (Å²) in [6, 6.07) is 8.79. The van der Waals surface area contributed by atoms with Gasteiger partial charge in [-0.3, -0.25) is 0 Å². The Balaban J connectivity index is 1.86. The maximum Gasteiger partial charge on any atom is 0.0345 e. The first kappa shape index (κ1) is 10.3. The minimum Gasteiger partial charge on any atom is -0.309 e. The molecule has 0 radical (unpaired) electrons. The first-order valence-electron chi connectivity index (χ1n) is 5.86. The summed E-state index contributed by atoms with van der Waals surface area (Å²) in [6.07, 6.45) is 1.37. The van der Waals surface area contributed by atoms with Crippen molar-refractivity contribution in [3.05, 3.63) is 35.2 Å². The van der Waals surface area contributed by atoms with E-state index in [1.807, 2.05) is 11.3 Å². The molecule has 0 spiro atoms. The number of benzene rings is 1. The Morgan fingerprint density at radius 1 is 1.31 bits per heavy atom. The molecule has 2 atom stereocenters. The average molecular weight is 231 g/mol. The molecule has 1 aromatic carbocycles. The Bertz CT molecular complexity index is 500. The molecule has 1 aliphatic carbocycles. The zero-order valence-corrected chi connectivity index (χ0v) is 10.6. The predicted octanol–water partition coefficient (Wildman–Crippen LogP) is 3.57. The van der Waals surface area contributed by atoms with Crippen LogP contribution in [0.5, 0.6) is 0 Å². The van der Waals surface area contributed by atoms with Crippen molar-refractivity contribution in [2.24, 2.45) is 5.92 Å². The van der Waals surface area contributed by atoms with Gasteiger partial charge >= 0.3 is 0 Å². The quantitative estimate of drug-likeness (QED) is 0.780. The van der Waals surface area contributed by atoms with Crippen LogP contribution in [0.3, 0.4) is 0 Å². The number of hydrogen-bond acceptors (Lipinski definition) is 2. The van der Waals surface area contributed by atoms with Crippen molar-refractivity contribution < 1.29 is 0 Å². The normalized spacial score (nSPS) is 24.2. The molecule has 0 saturated heterocycles. The van der Waals surface area contributed by atoms with Crippen LogP contribution in [0, 0.1) is 5.92 Å². The summed E-state index contributed by atoms with van der Waals surface area (Å²) in [5, 5.41) is 3.85. The average Bonchev–Trinajstić information content (AvgIpc) is 2.88. The third-order valence-electron chi connectivity index (χ3n) is 3.43. The largest absolute Gasteiger partial charge is 0.309 e. The van der Waals surface area contributed by atoms with Crippen molar-refractivity contribution >= 4 is 21.4 Å². The molecule has 1 heterocycles. The zero-order chi connectivity index (χ0) is 11.1. The van der Waals surface area contributed by atoms with Crippen molar-refractivity contribution in [3.8, 4) is 0 Å². The molecule has 0 aliphatic heterocycles. The molecule has 1 aromatic heterocycles. The number of fused-ring (bicyclic) bond motifs is 1. The van der Waals surface area contributed by atoms with Gasteiger partial charge in [0.1, 0.15) is 0 Å². The molecular weight excluding hydrogens is 214 g/mol. The molecule has 84 valence electrons. The van der Waals surface area contributed by atoms with Gasteiger partial charge in [-0.2, -0.15) is 0 Å². The number of rotatable bonds is 3. The maximum atomic E-state index is 2.37. The van der Waals surface area contributed by atoms with Gasteiger partial charge in [0.05, 0.1) is 0 Å². The van der Waals surface area contributed by atoms with E-state index in [9.17, 15) is 0 Å². The van der Waals surface area contributed by atoms with Crippen LogP contribution in [0.2, 0.25) is 0 Å². The lowest BCUT2D eigenvalue weighted by Gasteiger charge is -2.08. The molecule has 0 amide bonds. The zero-order valence-electron chi connectivity index (χ0n) is 9.81. The van der Waals surface area contributed by atoms with Crippen molar-refractivity contribution in [3.63, 3.8) is 0 Å². The van der Waals surface area contributed by atoms with Gasteiger partial charge in [0, 0.05) is 11.2 Å². The summed E-state index contributed by atoms with van der Waals surface area (Å²) in [7, 11) is 4.34. The van der Waals surface area contributed by atoms with Crippen LogP contribution in [-0.2, 0) is 0 Å². The first-order valence-corrected chi connectivity index (χ1v) is 6.74. The topological polar surface area (TPSA) is 3.24 Å². The van der Waals surface area contributed by atoms with Crippen LogP contribution >= 0.6 is 11.3 Å². The Hall–Kier alpha value is -0.860. The van der Waals surface area contributed by atoms with Crippen LogP contribution < -0.4 is 0 Å². The lowest BCUT2D eigenvalue weighted by atomic mass is 10.1. The molecule has 1 saturated carbocycles. The van der Waals surface area contributed by atoms with Gasteiger partial charge in [0.15, 0.2) is 0 Å². The molecule has 2 unspecified atom stereocenters. The lowest BCUT2D eigenvalue weighted by molar-refractivity contribution is 0.385. The second kappa shape index (κ2) is 3.86. The highest BCUT2D eigenvalue weighted by atomic mass is 32.1. The first-order chi connectivity index (χ1) is 7.75. The Labute approximate surface area is 101 Å². The van der Waals surface area contributed by atoms with Gasteiger partial charge < -0.3 is 4.90 Å². The predicted molar refractivity (Wildman–Crippen MR) is 71.2 cm³/mol. The smallest absolute Gasteiger partial charge is 0.0345 e. The SMILES string of the molecule is CN(C)CC1CC1c1csc2ccccc12. The van der Waals surface area contributed by atoms with Crippen molar-refractivity contribution in [2.45, 2.75) is 12.3 Å². The van der Waals surface area contributed by atoms with E-state index in [0.717, 1.165) is 11.8 Å². The summed E-state index contributed by atoms with van der Waals surface area (Å²) < 4.78 is 1.44. The van der Waals surface area contributed by atoms with E-state index in [2.05, 4.69) is 48.6 Å². The molecule has 2 aromatic rings. The van der Waals surface area contributed by atoms with Gasteiger partial charge in [-0.1, -0.05) is 18.2 Å². The summed E-state index contributed by atoms with van der Waals surface area (Å²) in [4.78, 5) is 2.30. The van der Waals surface area contributed by atoms with Gasteiger partial charge in [-0.05, 0) is 54.7 Å². The van der Waals surface area contributed by atoms with Gasteiger partial charge in [-0.25, -0.2) is 0 Å². The second-order valence-corrected chi connectivity index (χ2v) is 5.96. The van der Waals surface area contributed by atoms with E-state index >= 15 is 0 Å². The van der Waals surface area contributed by atoms with Crippen molar-refractivity contribution in [2.75, 3.05) is 20.6 Å². The van der Waals surface area contributed by atoms with E-state index in [0.29, 0.717) is 0 Å². The molecular formula is C14H17NS. The fraction of sp³-hybridized carbons (Fsp3) is 0.429. The lowest BCUT2D eigenvalue weighted by Crippen LogP contribution is -2.15. The third-order valence-corrected chi connectivity index (χ3v) is 4.41. The highest BCUT2D eigenvalue weighted by Crippen LogP contribution is 2.50. The van der Waals surface area contributed by atoms with Crippen molar-refractivity contribution in [1.82, 2.24) is 4.90 Å². The molecule has 0 bridgehead atoms. The number of nitrogens with zero attached hydrogens (tertiary/aromatic N) is 1. The highest BCUT2D eigenvalue weighted by Gasteiger charge is 2.39. The molecule has 2 heteroatoms. The monoisotopic (exact) mass is 231 g/mol.